The molecule has 0 spiro atoms. The average Bonchev–Trinajstić information content (AvgIpc) is 2.80. The van der Waals surface area contributed by atoms with Gasteiger partial charge in [-0.2, -0.15) is 0 Å². The van der Waals surface area contributed by atoms with E-state index in [0.717, 1.165) is 19.4 Å². The fourth-order valence-corrected chi connectivity index (χ4v) is 4.35. The van der Waals surface area contributed by atoms with Gasteiger partial charge in [0, 0.05) is 24.8 Å². The molecule has 1 aromatic carbocycles. The number of anilines is 2. The first-order chi connectivity index (χ1) is 15.8. The van der Waals surface area contributed by atoms with Crippen molar-refractivity contribution < 1.29 is 18.7 Å². The van der Waals surface area contributed by atoms with Crippen LogP contribution in [0.1, 0.15) is 26.7 Å². The van der Waals surface area contributed by atoms with Gasteiger partial charge in [0.05, 0.1) is 41.5 Å². The Morgan fingerprint density at radius 2 is 2.21 bits per heavy atom. The molecular formula is C24H30ClFN4O3. The molecule has 1 amide bonds. The lowest BCUT2D eigenvalue weighted by atomic mass is 9.99. The zero-order valence-electron chi connectivity index (χ0n) is 18.9. The van der Waals surface area contributed by atoms with Crippen LogP contribution in [0, 0.1) is 11.7 Å². The summed E-state index contributed by atoms with van der Waals surface area (Å²) in [7, 11) is 0. The number of halogens is 2. The largest absolute Gasteiger partial charge is 0.380 e. The predicted molar refractivity (Wildman–Crippen MR) is 127 cm³/mol. The van der Waals surface area contributed by atoms with Gasteiger partial charge in [0.2, 0.25) is 5.91 Å². The number of carbonyl (C=O) groups excluding carboxylic acids is 1. The van der Waals surface area contributed by atoms with Crippen LogP contribution in [0.25, 0.3) is 11.1 Å². The molecule has 33 heavy (non-hydrogen) atoms. The number of nitrogens with one attached hydrogen (secondary N) is 3. The second kappa shape index (κ2) is 10.3. The minimum atomic E-state index is -0.377. The number of hydrogen-bond donors (Lipinski definition) is 3. The molecule has 4 rings (SSSR count). The fourth-order valence-electron chi connectivity index (χ4n) is 4.14. The standard InChI is InChI=1S/C24H30ClFN4O3/c1-24(2)14-32-13-17(33-24)11-28-21-8-15(5-6-20(21)26)18-9-22(29-12-19(18)25)30-23(31)16-4-3-7-27-10-16/h5-6,8-9,12,16-17,27-28H,3-4,7,10-11,13-14H2,1-2H3,(H,29,30,31)/t16-,17+/m1/s1. The summed E-state index contributed by atoms with van der Waals surface area (Å²) < 4.78 is 26.1. The van der Waals surface area contributed by atoms with Crippen molar-refractivity contribution >= 4 is 29.0 Å². The quantitative estimate of drug-likeness (QED) is 0.582. The molecule has 0 bridgehead atoms. The van der Waals surface area contributed by atoms with Crippen molar-refractivity contribution in [3.05, 3.63) is 41.3 Å². The zero-order valence-corrected chi connectivity index (χ0v) is 19.7. The molecule has 0 radical (unpaired) electrons. The Balaban J connectivity index is 1.48. The summed E-state index contributed by atoms with van der Waals surface area (Å²) in [5.74, 6) is -0.114. The topological polar surface area (TPSA) is 84.5 Å². The Morgan fingerprint density at radius 3 is 2.97 bits per heavy atom. The highest BCUT2D eigenvalue weighted by atomic mass is 35.5. The molecule has 2 aromatic rings. The summed E-state index contributed by atoms with van der Waals surface area (Å²) in [6.07, 6.45) is 3.13. The molecule has 2 atom stereocenters. The van der Waals surface area contributed by atoms with E-state index in [-0.39, 0.29) is 29.3 Å². The van der Waals surface area contributed by atoms with E-state index in [0.29, 0.717) is 54.0 Å². The van der Waals surface area contributed by atoms with E-state index >= 15 is 0 Å². The number of rotatable bonds is 6. The van der Waals surface area contributed by atoms with Gasteiger partial charge < -0.3 is 25.4 Å². The predicted octanol–water partition coefficient (Wildman–Crippen LogP) is 4.09. The minimum Gasteiger partial charge on any atom is -0.380 e. The van der Waals surface area contributed by atoms with Gasteiger partial charge in [0.25, 0.3) is 0 Å². The molecule has 0 aliphatic carbocycles. The van der Waals surface area contributed by atoms with Crippen LogP contribution in [0.4, 0.5) is 15.9 Å². The first kappa shape index (κ1) is 23.9. The van der Waals surface area contributed by atoms with E-state index in [1.165, 1.54) is 12.3 Å². The smallest absolute Gasteiger partial charge is 0.229 e. The number of hydrogen-bond acceptors (Lipinski definition) is 6. The van der Waals surface area contributed by atoms with Gasteiger partial charge in [-0.25, -0.2) is 9.37 Å². The molecule has 2 saturated heterocycles. The van der Waals surface area contributed by atoms with E-state index in [1.807, 2.05) is 13.8 Å². The van der Waals surface area contributed by atoms with Crippen LogP contribution in [0.3, 0.4) is 0 Å². The van der Waals surface area contributed by atoms with Crippen molar-refractivity contribution in [2.24, 2.45) is 5.92 Å². The number of piperidine rings is 1. The summed E-state index contributed by atoms with van der Waals surface area (Å²) in [6, 6.07) is 6.46. The molecule has 0 saturated carbocycles. The SMILES string of the molecule is CC1(C)COC[C@H](CNc2cc(-c3cc(NC(=O)[C@@H]4CCCNC4)ncc3Cl)ccc2F)O1. The second-order valence-electron chi connectivity index (χ2n) is 9.17. The minimum absolute atomic E-state index is 0.0675. The van der Waals surface area contributed by atoms with Crippen LogP contribution in [-0.2, 0) is 14.3 Å². The first-order valence-corrected chi connectivity index (χ1v) is 11.6. The van der Waals surface area contributed by atoms with E-state index in [9.17, 15) is 9.18 Å². The molecule has 9 heteroatoms. The van der Waals surface area contributed by atoms with Crippen molar-refractivity contribution in [2.45, 2.75) is 38.4 Å². The summed E-state index contributed by atoms with van der Waals surface area (Å²) in [5, 5.41) is 9.66. The third-order valence-corrected chi connectivity index (χ3v) is 6.11. The van der Waals surface area contributed by atoms with Crippen LogP contribution < -0.4 is 16.0 Å². The first-order valence-electron chi connectivity index (χ1n) is 11.3. The Hall–Kier alpha value is -2.26. The monoisotopic (exact) mass is 476 g/mol. The molecular weight excluding hydrogens is 447 g/mol. The molecule has 2 aliphatic heterocycles. The number of nitrogens with zero attached hydrogens (tertiary/aromatic N) is 1. The third-order valence-electron chi connectivity index (χ3n) is 5.81. The van der Waals surface area contributed by atoms with E-state index < -0.39 is 0 Å². The third kappa shape index (κ3) is 6.20. The maximum atomic E-state index is 14.5. The lowest BCUT2D eigenvalue weighted by Gasteiger charge is -2.36. The van der Waals surface area contributed by atoms with E-state index in [2.05, 4.69) is 20.9 Å². The van der Waals surface area contributed by atoms with Gasteiger partial charge in [-0.05, 0) is 57.0 Å². The number of benzene rings is 1. The van der Waals surface area contributed by atoms with Crippen molar-refractivity contribution in [2.75, 3.05) is 43.5 Å². The van der Waals surface area contributed by atoms with Crippen molar-refractivity contribution in [3.63, 3.8) is 0 Å². The highest BCUT2D eigenvalue weighted by Crippen LogP contribution is 2.32. The Labute approximate surface area is 198 Å². The van der Waals surface area contributed by atoms with Crippen LogP contribution in [-0.4, -0.2) is 55.4 Å². The molecule has 178 valence electrons. The number of ether oxygens (including phenoxy) is 2. The molecule has 2 fully saturated rings. The van der Waals surface area contributed by atoms with Gasteiger partial charge in [0.1, 0.15) is 11.6 Å². The maximum Gasteiger partial charge on any atom is 0.229 e. The Kier molecular flexibility index (Phi) is 7.48. The average molecular weight is 477 g/mol. The van der Waals surface area contributed by atoms with Crippen LogP contribution in [0.15, 0.2) is 30.5 Å². The molecule has 7 nitrogen and oxygen atoms in total. The summed E-state index contributed by atoms with van der Waals surface area (Å²) in [4.78, 5) is 16.8. The lowest BCUT2D eigenvalue weighted by molar-refractivity contribution is -0.177. The van der Waals surface area contributed by atoms with Gasteiger partial charge in [-0.3, -0.25) is 4.79 Å². The van der Waals surface area contributed by atoms with Crippen LogP contribution in [0.5, 0.6) is 0 Å². The highest BCUT2D eigenvalue weighted by molar-refractivity contribution is 6.33. The highest BCUT2D eigenvalue weighted by Gasteiger charge is 2.29. The fraction of sp³-hybridized carbons (Fsp3) is 0.500. The summed E-state index contributed by atoms with van der Waals surface area (Å²) in [5.41, 5.74) is 1.34. The number of aromatic nitrogens is 1. The maximum absolute atomic E-state index is 14.5. The number of pyridine rings is 1. The Morgan fingerprint density at radius 1 is 1.36 bits per heavy atom. The number of amides is 1. The van der Waals surface area contributed by atoms with Gasteiger partial charge in [-0.15, -0.1) is 0 Å². The van der Waals surface area contributed by atoms with Crippen molar-refractivity contribution in [1.29, 1.82) is 0 Å². The summed E-state index contributed by atoms with van der Waals surface area (Å²) >= 11 is 6.40. The molecule has 1 aromatic heterocycles. The lowest BCUT2D eigenvalue weighted by Crippen LogP contribution is -2.45. The Bertz CT molecular complexity index is 998. The molecule has 0 unspecified atom stereocenters. The normalized spacial score (nSPS) is 22.5. The molecule has 3 heterocycles. The van der Waals surface area contributed by atoms with Crippen molar-refractivity contribution in [3.8, 4) is 11.1 Å². The van der Waals surface area contributed by atoms with E-state index in [4.69, 9.17) is 21.1 Å². The van der Waals surface area contributed by atoms with Crippen LogP contribution in [0.2, 0.25) is 5.02 Å². The van der Waals surface area contributed by atoms with Crippen molar-refractivity contribution in [1.82, 2.24) is 10.3 Å². The van der Waals surface area contributed by atoms with Gasteiger partial charge in [-0.1, -0.05) is 17.7 Å². The van der Waals surface area contributed by atoms with Gasteiger partial charge >= 0.3 is 0 Å². The second-order valence-corrected chi connectivity index (χ2v) is 9.58. The van der Waals surface area contributed by atoms with Crippen LogP contribution >= 0.6 is 11.6 Å². The zero-order chi connectivity index (χ0) is 23.4. The molecule has 2 aliphatic rings. The molecule has 3 N–H and O–H groups in total. The van der Waals surface area contributed by atoms with Gasteiger partial charge in [0.15, 0.2) is 0 Å². The number of carbonyl (C=O) groups is 1. The summed E-state index contributed by atoms with van der Waals surface area (Å²) in [6.45, 7) is 6.92. The van der Waals surface area contributed by atoms with E-state index in [1.54, 1.807) is 18.2 Å².